The van der Waals surface area contributed by atoms with Gasteiger partial charge in [0, 0.05) is 37.7 Å². The number of hydrogen-bond acceptors (Lipinski definition) is 3. The van der Waals surface area contributed by atoms with E-state index in [1.54, 1.807) is 7.11 Å². The number of ether oxygens (including phenoxy) is 1. The molecule has 1 amide bonds. The first kappa shape index (κ1) is 12.6. The van der Waals surface area contributed by atoms with Crippen molar-refractivity contribution in [3.63, 3.8) is 0 Å². The zero-order valence-corrected chi connectivity index (χ0v) is 10.8. The minimum Gasteiger partial charge on any atom is -0.497 e. The Morgan fingerprint density at radius 3 is 3.06 bits per heavy atom. The second-order valence-electron chi connectivity index (χ2n) is 4.33. The topological polar surface area (TPSA) is 50.7 Å². The van der Waals surface area contributed by atoms with E-state index in [4.69, 9.17) is 4.74 Å². The van der Waals surface area contributed by atoms with Crippen LogP contribution in [0.2, 0.25) is 0 Å². The normalized spacial score (nSPS) is 13.6. The van der Waals surface area contributed by atoms with Crippen LogP contribution >= 0.6 is 0 Å². The molecule has 96 valence electrons. The first-order valence-corrected chi connectivity index (χ1v) is 6.16. The maximum absolute atomic E-state index is 10.9. The van der Waals surface area contributed by atoms with Gasteiger partial charge in [0.25, 0.3) is 0 Å². The summed E-state index contributed by atoms with van der Waals surface area (Å²) in [6, 6.07) is 6.11. The van der Waals surface area contributed by atoms with Gasteiger partial charge in [-0.15, -0.1) is 0 Å². The zero-order chi connectivity index (χ0) is 13.0. The Kier molecular flexibility index (Phi) is 3.97. The fourth-order valence-electron chi connectivity index (χ4n) is 2.14. The summed E-state index contributed by atoms with van der Waals surface area (Å²) in [5.41, 5.74) is 3.53. The predicted octanol–water partition coefficient (Wildman–Crippen LogP) is 1.57. The maximum Gasteiger partial charge on any atom is 0.216 e. The fourth-order valence-corrected chi connectivity index (χ4v) is 2.14. The molecule has 4 heteroatoms. The molecular formula is C14H18N2O2. The highest BCUT2D eigenvalue weighted by molar-refractivity contribution is 6.03. The molecule has 0 fully saturated rings. The van der Waals surface area contributed by atoms with Gasteiger partial charge in [0.05, 0.1) is 7.11 Å². The second-order valence-corrected chi connectivity index (χ2v) is 4.33. The van der Waals surface area contributed by atoms with Crippen LogP contribution in [0.3, 0.4) is 0 Å². The number of carbonyl (C=O) groups is 1. The number of methoxy groups -OCH3 is 1. The van der Waals surface area contributed by atoms with E-state index in [1.807, 2.05) is 12.1 Å². The van der Waals surface area contributed by atoms with E-state index >= 15 is 0 Å². The SMILES string of the molecule is COc1ccc2c(c1)C(CCNC(C)=O)=NCC2. The van der Waals surface area contributed by atoms with Crippen LogP contribution in [0.1, 0.15) is 24.5 Å². The van der Waals surface area contributed by atoms with Crippen molar-refractivity contribution in [1.82, 2.24) is 5.32 Å². The minimum absolute atomic E-state index is 0.00252. The number of carbonyl (C=O) groups excluding carboxylic acids is 1. The number of benzene rings is 1. The molecule has 4 nitrogen and oxygen atoms in total. The molecule has 0 radical (unpaired) electrons. The smallest absolute Gasteiger partial charge is 0.216 e. The van der Waals surface area contributed by atoms with Crippen LogP contribution in [0.4, 0.5) is 0 Å². The number of hydrogen-bond donors (Lipinski definition) is 1. The first-order valence-electron chi connectivity index (χ1n) is 6.16. The lowest BCUT2D eigenvalue weighted by molar-refractivity contribution is -0.118. The van der Waals surface area contributed by atoms with Crippen LogP contribution < -0.4 is 10.1 Å². The molecule has 0 unspecified atom stereocenters. The van der Waals surface area contributed by atoms with E-state index in [0.29, 0.717) is 6.54 Å². The fraction of sp³-hybridized carbons (Fsp3) is 0.429. The number of aliphatic imine (C=N–C) groups is 1. The van der Waals surface area contributed by atoms with E-state index in [9.17, 15) is 4.79 Å². The Morgan fingerprint density at radius 2 is 2.33 bits per heavy atom. The molecule has 1 aromatic carbocycles. The third-order valence-corrected chi connectivity index (χ3v) is 3.05. The van der Waals surface area contributed by atoms with Crippen molar-refractivity contribution in [2.24, 2.45) is 4.99 Å². The van der Waals surface area contributed by atoms with E-state index in [0.717, 1.165) is 36.4 Å². The number of fused-ring (bicyclic) bond motifs is 1. The average molecular weight is 246 g/mol. The number of nitrogens with one attached hydrogen (secondary N) is 1. The number of nitrogens with zero attached hydrogens (tertiary/aromatic N) is 1. The van der Waals surface area contributed by atoms with Gasteiger partial charge in [0.1, 0.15) is 5.75 Å². The van der Waals surface area contributed by atoms with Gasteiger partial charge in [0.2, 0.25) is 5.91 Å². The van der Waals surface area contributed by atoms with Crippen LogP contribution in [0.25, 0.3) is 0 Å². The molecular weight excluding hydrogens is 228 g/mol. The third-order valence-electron chi connectivity index (χ3n) is 3.05. The highest BCUT2D eigenvalue weighted by atomic mass is 16.5. The average Bonchev–Trinajstić information content (AvgIpc) is 2.38. The molecule has 0 aliphatic carbocycles. The quantitative estimate of drug-likeness (QED) is 0.876. The lowest BCUT2D eigenvalue weighted by Crippen LogP contribution is -2.24. The van der Waals surface area contributed by atoms with Crippen LogP contribution in [0.5, 0.6) is 5.75 Å². The van der Waals surface area contributed by atoms with Crippen molar-refractivity contribution in [3.05, 3.63) is 29.3 Å². The van der Waals surface area contributed by atoms with Crippen molar-refractivity contribution in [1.29, 1.82) is 0 Å². The van der Waals surface area contributed by atoms with E-state index in [2.05, 4.69) is 16.4 Å². The van der Waals surface area contributed by atoms with Crippen molar-refractivity contribution in [3.8, 4) is 5.75 Å². The van der Waals surface area contributed by atoms with Crippen molar-refractivity contribution in [2.75, 3.05) is 20.2 Å². The summed E-state index contributed by atoms with van der Waals surface area (Å²) in [7, 11) is 1.67. The van der Waals surface area contributed by atoms with Crippen LogP contribution in [-0.4, -0.2) is 31.8 Å². The molecule has 0 spiro atoms. The summed E-state index contributed by atoms with van der Waals surface area (Å²) in [6.45, 7) is 2.99. The first-order chi connectivity index (χ1) is 8.70. The largest absolute Gasteiger partial charge is 0.497 e. The summed E-state index contributed by atoms with van der Waals surface area (Å²) >= 11 is 0. The summed E-state index contributed by atoms with van der Waals surface area (Å²) in [5, 5.41) is 2.80. The number of amides is 1. The molecule has 18 heavy (non-hydrogen) atoms. The molecule has 0 saturated heterocycles. The van der Waals surface area contributed by atoms with Crippen molar-refractivity contribution >= 4 is 11.6 Å². The Hall–Kier alpha value is -1.84. The summed E-state index contributed by atoms with van der Waals surface area (Å²) in [4.78, 5) is 15.4. The summed E-state index contributed by atoms with van der Waals surface area (Å²) in [6.07, 6.45) is 1.74. The Balaban J connectivity index is 2.13. The lowest BCUT2D eigenvalue weighted by Gasteiger charge is -2.18. The molecule has 0 atom stereocenters. The molecule has 1 aliphatic heterocycles. The Bertz CT molecular complexity index is 481. The van der Waals surface area contributed by atoms with E-state index < -0.39 is 0 Å². The molecule has 1 N–H and O–H groups in total. The lowest BCUT2D eigenvalue weighted by atomic mass is 9.95. The van der Waals surface area contributed by atoms with Gasteiger partial charge in [-0.3, -0.25) is 9.79 Å². The minimum atomic E-state index is -0.00252. The molecule has 1 aliphatic rings. The molecule has 0 saturated carbocycles. The standard InChI is InChI=1S/C14H18N2O2/c1-10(17)15-8-6-14-13-9-12(18-2)4-3-11(13)5-7-16-14/h3-4,9H,5-8H2,1-2H3,(H,15,17). The van der Waals surface area contributed by atoms with Gasteiger partial charge in [0.15, 0.2) is 0 Å². The third kappa shape index (κ3) is 2.88. The molecule has 0 aromatic heterocycles. The maximum atomic E-state index is 10.9. The monoisotopic (exact) mass is 246 g/mol. The van der Waals surface area contributed by atoms with E-state index in [1.165, 1.54) is 12.5 Å². The summed E-state index contributed by atoms with van der Waals surface area (Å²) in [5.74, 6) is 0.847. The van der Waals surface area contributed by atoms with Crippen LogP contribution in [0, 0.1) is 0 Å². The van der Waals surface area contributed by atoms with Crippen molar-refractivity contribution in [2.45, 2.75) is 19.8 Å². The van der Waals surface area contributed by atoms with Gasteiger partial charge < -0.3 is 10.1 Å². The van der Waals surface area contributed by atoms with Crippen LogP contribution in [-0.2, 0) is 11.2 Å². The Morgan fingerprint density at radius 1 is 1.50 bits per heavy atom. The van der Waals surface area contributed by atoms with Gasteiger partial charge in [-0.05, 0) is 24.1 Å². The van der Waals surface area contributed by atoms with Gasteiger partial charge in [-0.25, -0.2) is 0 Å². The highest BCUT2D eigenvalue weighted by Crippen LogP contribution is 2.22. The highest BCUT2D eigenvalue weighted by Gasteiger charge is 2.14. The summed E-state index contributed by atoms with van der Waals surface area (Å²) < 4.78 is 5.25. The zero-order valence-electron chi connectivity index (χ0n) is 10.8. The predicted molar refractivity (Wildman–Crippen MR) is 71.4 cm³/mol. The van der Waals surface area contributed by atoms with Crippen LogP contribution in [0.15, 0.2) is 23.2 Å². The van der Waals surface area contributed by atoms with Gasteiger partial charge in [-0.1, -0.05) is 6.07 Å². The van der Waals surface area contributed by atoms with Gasteiger partial charge >= 0.3 is 0 Å². The number of rotatable bonds is 4. The van der Waals surface area contributed by atoms with E-state index in [-0.39, 0.29) is 5.91 Å². The second kappa shape index (κ2) is 5.67. The Labute approximate surface area is 107 Å². The molecule has 2 rings (SSSR count). The van der Waals surface area contributed by atoms with Crippen molar-refractivity contribution < 1.29 is 9.53 Å². The molecule has 1 heterocycles. The molecule has 1 aromatic rings. The molecule has 0 bridgehead atoms. The van der Waals surface area contributed by atoms with Gasteiger partial charge in [-0.2, -0.15) is 0 Å².